The van der Waals surface area contributed by atoms with Gasteiger partial charge in [-0.3, -0.25) is 9.58 Å². The molecule has 1 aromatic heterocycles. The highest BCUT2D eigenvalue weighted by Gasteiger charge is 2.13. The Balaban J connectivity index is 1.58. The van der Waals surface area contributed by atoms with Crippen molar-refractivity contribution in [3.8, 4) is 5.75 Å². The van der Waals surface area contributed by atoms with Crippen LogP contribution in [-0.2, 0) is 26.2 Å². The van der Waals surface area contributed by atoms with Crippen molar-refractivity contribution in [3.05, 3.63) is 47.3 Å². The first-order chi connectivity index (χ1) is 12.3. The van der Waals surface area contributed by atoms with Crippen molar-refractivity contribution in [3.63, 3.8) is 0 Å². The van der Waals surface area contributed by atoms with Crippen LogP contribution in [0, 0.1) is 0 Å². The van der Waals surface area contributed by atoms with Crippen molar-refractivity contribution < 1.29 is 4.74 Å². The predicted molar refractivity (Wildman–Crippen MR) is 101 cm³/mol. The van der Waals surface area contributed by atoms with Crippen molar-refractivity contribution in [2.45, 2.75) is 52.4 Å². The van der Waals surface area contributed by atoms with E-state index in [0.717, 1.165) is 31.9 Å². The number of hydrogen-bond acceptors (Lipinski definition) is 4. The van der Waals surface area contributed by atoms with E-state index < -0.39 is 0 Å². The number of methoxy groups -OCH3 is 1. The zero-order valence-electron chi connectivity index (χ0n) is 15.5. The average molecular weight is 342 g/mol. The summed E-state index contributed by atoms with van der Waals surface area (Å²) in [5.74, 6) is 0.999. The fraction of sp³-hybridized carbons (Fsp3) is 0.550. The van der Waals surface area contributed by atoms with Gasteiger partial charge in [0.2, 0.25) is 0 Å². The van der Waals surface area contributed by atoms with Crippen LogP contribution in [-0.4, -0.2) is 34.9 Å². The van der Waals surface area contributed by atoms with Crippen LogP contribution >= 0.6 is 0 Å². The second-order valence-electron chi connectivity index (χ2n) is 6.79. The van der Waals surface area contributed by atoms with E-state index in [0.29, 0.717) is 0 Å². The van der Waals surface area contributed by atoms with Crippen LogP contribution in [0.25, 0.3) is 0 Å². The number of piperidine rings is 1. The lowest BCUT2D eigenvalue weighted by Crippen LogP contribution is -2.29. The van der Waals surface area contributed by atoms with E-state index in [1.165, 1.54) is 49.0 Å². The SMILES string of the molecule is CCn1cc(CNCc2ccc(OC)c(CN3CCCCC3)c2)cn1. The quantitative estimate of drug-likeness (QED) is 0.800. The van der Waals surface area contributed by atoms with Crippen molar-refractivity contribution in [1.82, 2.24) is 20.0 Å². The Bertz CT molecular complexity index is 661. The first-order valence-corrected chi connectivity index (χ1v) is 9.38. The largest absolute Gasteiger partial charge is 0.496 e. The van der Waals surface area contributed by atoms with Gasteiger partial charge >= 0.3 is 0 Å². The summed E-state index contributed by atoms with van der Waals surface area (Å²) >= 11 is 0. The summed E-state index contributed by atoms with van der Waals surface area (Å²) in [4.78, 5) is 2.54. The predicted octanol–water partition coefficient (Wildman–Crippen LogP) is 3.19. The molecule has 1 aliphatic heterocycles. The minimum Gasteiger partial charge on any atom is -0.496 e. The Kier molecular flexibility index (Phi) is 6.48. The summed E-state index contributed by atoms with van der Waals surface area (Å²) in [5, 5.41) is 7.83. The van der Waals surface area contributed by atoms with Crippen LogP contribution in [0.2, 0.25) is 0 Å². The Morgan fingerprint density at radius 1 is 1.12 bits per heavy atom. The summed E-state index contributed by atoms with van der Waals surface area (Å²) in [6.07, 6.45) is 8.03. The molecular weight excluding hydrogens is 312 g/mol. The molecule has 0 saturated carbocycles. The summed E-state index contributed by atoms with van der Waals surface area (Å²) in [6, 6.07) is 6.54. The molecule has 3 rings (SSSR count). The van der Waals surface area contributed by atoms with Crippen molar-refractivity contribution in [2.24, 2.45) is 0 Å². The van der Waals surface area contributed by atoms with Crippen molar-refractivity contribution in [1.29, 1.82) is 0 Å². The normalized spacial score (nSPS) is 15.4. The number of benzene rings is 1. The molecule has 1 N–H and O–H groups in total. The number of hydrogen-bond donors (Lipinski definition) is 1. The minimum absolute atomic E-state index is 0.841. The zero-order valence-corrected chi connectivity index (χ0v) is 15.5. The van der Waals surface area contributed by atoms with Crippen LogP contribution in [0.5, 0.6) is 5.75 Å². The molecule has 0 aliphatic carbocycles. The van der Waals surface area contributed by atoms with Crippen LogP contribution in [0.4, 0.5) is 0 Å². The molecule has 5 nitrogen and oxygen atoms in total. The van der Waals surface area contributed by atoms with Gasteiger partial charge in [0.1, 0.15) is 5.75 Å². The number of nitrogens with zero attached hydrogens (tertiary/aromatic N) is 3. The van der Waals surface area contributed by atoms with Gasteiger partial charge in [0.15, 0.2) is 0 Å². The summed E-state index contributed by atoms with van der Waals surface area (Å²) in [7, 11) is 1.76. The minimum atomic E-state index is 0.841. The van der Waals surface area contributed by atoms with Crippen LogP contribution in [0.3, 0.4) is 0 Å². The Hall–Kier alpha value is -1.85. The Morgan fingerprint density at radius 2 is 1.92 bits per heavy atom. The van der Waals surface area contributed by atoms with Crippen LogP contribution in [0.15, 0.2) is 30.6 Å². The molecule has 1 saturated heterocycles. The molecule has 2 aromatic rings. The van der Waals surface area contributed by atoms with E-state index in [-0.39, 0.29) is 0 Å². The molecule has 1 aromatic carbocycles. The van der Waals surface area contributed by atoms with E-state index in [9.17, 15) is 0 Å². The average Bonchev–Trinajstić information content (AvgIpc) is 3.11. The fourth-order valence-corrected chi connectivity index (χ4v) is 3.45. The number of nitrogens with one attached hydrogen (secondary N) is 1. The van der Waals surface area contributed by atoms with Gasteiger partial charge in [-0.25, -0.2) is 0 Å². The van der Waals surface area contributed by atoms with E-state index in [4.69, 9.17) is 4.74 Å². The zero-order chi connectivity index (χ0) is 17.5. The van der Waals surface area contributed by atoms with Gasteiger partial charge in [0.25, 0.3) is 0 Å². The smallest absolute Gasteiger partial charge is 0.123 e. The van der Waals surface area contributed by atoms with Gasteiger partial charge in [-0.15, -0.1) is 0 Å². The number of likely N-dealkylation sites (tertiary alicyclic amines) is 1. The first kappa shape index (κ1) is 18.0. The van der Waals surface area contributed by atoms with Gasteiger partial charge in [-0.2, -0.15) is 5.10 Å². The lowest BCUT2D eigenvalue weighted by atomic mass is 10.1. The van der Waals surface area contributed by atoms with Crippen LogP contribution < -0.4 is 10.1 Å². The van der Waals surface area contributed by atoms with Gasteiger partial charge in [0, 0.05) is 43.5 Å². The summed E-state index contributed by atoms with van der Waals surface area (Å²) in [6.45, 7) is 8.10. The standard InChI is InChI=1S/C20H30N4O/c1-3-24-15-18(14-22-24)13-21-12-17-7-8-20(25-2)19(11-17)16-23-9-5-4-6-10-23/h7-8,11,14-15,21H,3-6,9-10,12-13,16H2,1-2H3. The highest BCUT2D eigenvalue weighted by Crippen LogP contribution is 2.23. The van der Waals surface area contributed by atoms with Gasteiger partial charge in [-0.1, -0.05) is 12.5 Å². The Labute approximate surface area is 151 Å². The molecule has 0 unspecified atom stereocenters. The summed E-state index contributed by atoms with van der Waals surface area (Å²) < 4.78 is 7.53. The molecular formula is C20H30N4O. The third-order valence-corrected chi connectivity index (χ3v) is 4.86. The molecule has 0 bridgehead atoms. The number of aromatic nitrogens is 2. The van der Waals surface area contributed by atoms with Gasteiger partial charge in [-0.05, 0) is 50.6 Å². The van der Waals surface area contributed by atoms with Gasteiger partial charge in [0.05, 0.1) is 13.3 Å². The van der Waals surface area contributed by atoms with E-state index in [1.54, 1.807) is 7.11 Å². The second-order valence-corrected chi connectivity index (χ2v) is 6.79. The summed E-state index contributed by atoms with van der Waals surface area (Å²) in [5.41, 5.74) is 3.82. The van der Waals surface area contributed by atoms with E-state index >= 15 is 0 Å². The molecule has 0 radical (unpaired) electrons. The second kappa shape index (κ2) is 9.02. The molecule has 2 heterocycles. The number of rotatable bonds is 8. The highest BCUT2D eigenvalue weighted by molar-refractivity contribution is 5.37. The molecule has 0 atom stereocenters. The van der Waals surface area contributed by atoms with E-state index in [1.807, 2.05) is 10.9 Å². The highest BCUT2D eigenvalue weighted by atomic mass is 16.5. The lowest BCUT2D eigenvalue weighted by molar-refractivity contribution is 0.218. The molecule has 1 fully saturated rings. The third-order valence-electron chi connectivity index (χ3n) is 4.86. The molecule has 0 amide bonds. The molecule has 25 heavy (non-hydrogen) atoms. The van der Waals surface area contributed by atoms with Gasteiger partial charge < -0.3 is 10.1 Å². The first-order valence-electron chi connectivity index (χ1n) is 9.38. The fourth-order valence-electron chi connectivity index (χ4n) is 3.45. The monoisotopic (exact) mass is 342 g/mol. The van der Waals surface area contributed by atoms with Crippen molar-refractivity contribution >= 4 is 0 Å². The van der Waals surface area contributed by atoms with Crippen LogP contribution in [0.1, 0.15) is 42.9 Å². The lowest BCUT2D eigenvalue weighted by Gasteiger charge is -2.27. The molecule has 136 valence electrons. The topological polar surface area (TPSA) is 42.3 Å². The third kappa shape index (κ3) is 5.06. The Morgan fingerprint density at radius 3 is 2.64 bits per heavy atom. The maximum Gasteiger partial charge on any atom is 0.123 e. The molecule has 5 heteroatoms. The van der Waals surface area contributed by atoms with E-state index in [2.05, 4.69) is 46.6 Å². The molecule has 1 aliphatic rings. The molecule has 0 spiro atoms. The van der Waals surface area contributed by atoms with Crippen molar-refractivity contribution in [2.75, 3.05) is 20.2 Å². The maximum absolute atomic E-state index is 5.57. The number of aryl methyl sites for hydroxylation is 1. The maximum atomic E-state index is 5.57. The number of ether oxygens (including phenoxy) is 1.